The highest BCUT2D eigenvalue weighted by Gasteiger charge is 2.41. The number of H-pyrrole nitrogens is 2. The molecule has 3 aromatic heterocycles. The van der Waals surface area contributed by atoms with E-state index >= 15 is 28.4 Å². The molecular weight excluding hydrogens is 1350 g/mol. The van der Waals surface area contributed by atoms with Crippen LogP contribution in [-0.2, 0) is 103 Å². The minimum absolute atomic E-state index is 0.0268. The summed E-state index contributed by atoms with van der Waals surface area (Å²) in [6, 6.07) is 25.4. The van der Waals surface area contributed by atoms with Gasteiger partial charge in [0, 0.05) is 111 Å². The zero-order valence-corrected chi connectivity index (χ0v) is 59.3. The lowest BCUT2D eigenvalue weighted by molar-refractivity contribution is -0.148. The first-order chi connectivity index (χ1) is 50.0. The number of nitrogens with zero attached hydrogens (tertiary/aromatic N) is 4. The number of hydrogen-bond donors (Lipinski definition) is 9. The molecule has 104 heavy (non-hydrogen) atoms. The number of aromatic amines is 2. The molecule has 1 fully saturated rings. The molecule has 9 amide bonds. The molecule has 26 nitrogen and oxygen atoms in total. The molecule has 5 aromatic carbocycles. The molecule has 0 aliphatic carbocycles. The van der Waals surface area contributed by atoms with E-state index in [2.05, 4.69) is 56.1 Å². The van der Waals surface area contributed by atoms with E-state index < -0.39 is 138 Å². The SMILES string of the molecule is CC[C@@H]1CC(=O)NCCOc2ccc(cc2)C[C@@H](C(N)=O)NC(=O)C2CCCN2C(=O)[C@H](Cc2ccccc2)NC(=O)[C@H](CCc2cnc[nH]2)NC(=O)[C@H](CC(=O)OCc2ccccc2)NC(=O)[C@H](Cc2c[nH]c3ccc(P)cc23)CC(=O)[C@H](Cc2cn(C)c3ccc(F)cc23)NC(=O)CN(C)C1=O. The topological polar surface area (TPSA) is 360 Å². The Balaban J connectivity index is 1.02. The molecule has 2 bridgehead atoms. The summed E-state index contributed by atoms with van der Waals surface area (Å²) in [6.45, 7) is 1.09. The van der Waals surface area contributed by atoms with Crippen LogP contribution in [0.3, 0.4) is 0 Å². The second-order valence-corrected chi connectivity index (χ2v) is 27.2. The number of carbonyl (C=O) groups is 11. The molecule has 11 rings (SSSR count). The van der Waals surface area contributed by atoms with E-state index in [1.807, 2.05) is 18.2 Å². The van der Waals surface area contributed by atoms with E-state index in [1.165, 1.54) is 36.6 Å². The number of imidazole rings is 1. The minimum Gasteiger partial charge on any atom is -0.492 e. The molecule has 3 aliphatic rings. The number of primary amides is 1. The summed E-state index contributed by atoms with van der Waals surface area (Å²) in [5.41, 5.74) is 10.6. The van der Waals surface area contributed by atoms with Crippen molar-refractivity contribution in [1.82, 2.24) is 61.2 Å². The highest BCUT2D eigenvalue weighted by molar-refractivity contribution is 7.27. The van der Waals surface area contributed by atoms with Gasteiger partial charge in [0.2, 0.25) is 53.2 Å². The van der Waals surface area contributed by atoms with Gasteiger partial charge in [-0.3, -0.25) is 52.7 Å². The standard InChI is InChI=1S/C76H87FN13O13P/c1-4-48-35-67(92)80-27-29-102-54-21-17-46(18-22-54)30-61(70(78)95)85-74(99)65-16-11-28-90(65)76(101)63(31-45-12-7-5-8-13-45)87-72(97)59(24-20-53-40-79-44-82-53)84-73(98)62(38-69(94)103-43-47-14-9-6-10-15-47)86-71(96)49(32-50-39-81-58-25-23-55(104)37-56(50)58)34-66(91)60(83-68(93)42-89(3)75(48)100)33-51-41-88(2)64-26-19-52(77)36-57(51)64/h5-10,12-15,17-19,21-23,25-26,36-37,39-41,44,48-49,59-63,65,81H,4,11,16,20,24,27-35,38,42-43,104H2,1-3H3,(H2,78,95)(H,79,82)(H,80,92)(H,83,93)(H,84,98)(H,85,99)(H,86,96)(H,87,97)/t48-,49-,59+,60+,61+,62+,63+,65?/m1/s1. The molecule has 8 aromatic rings. The monoisotopic (exact) mass is 1440 g/mol. The van der Waals surface area contributed by atoms with Crippen molar-refractivity contribution in [1.29, 1.82) is 0 Å². The summed E-state index contributed by atoms with van der Waals surface area (Å²) >= 11 is 0. The number of nitrogens with one attached hydrogen (secondary N) is 8. The third-order valence-electron chi connectivity index (χ3n) is 18.9. The lowest BCUT2D eigenvalue weighted by atomic mass is 9.89. The number of ketones is 1. The van der Waals surface area contributed by atoms with Gasteiger partial charge >= 0.3 is 5.97 Å². The number of fused-ring (bicyclic) bond motifs is 32. The highest BCUT2D eigenvalue weighted by atomic mass is 31.0. The van der Waals surface area contributed by atoms with Gasteiger partial charge in [0.1, 0.15) is 55.0 Å². The van der Waals surface area contributed by atoms with Gasteiger partial charge in [-0.25, -0.2) is 9.37 Å². The Morgan fingerprint density at radius 1 is 0.692 bits per heavy atom. The summed E-state index contributed by atoms with van der Waals surface area (Å²) < 4.78 is 28.5. The summed E-state index contributed by atoms with van der Waals surface area (Å²) in [7, 11) is 5.75. The molecule has 10 N–H and O–H groups in total. The number of aromatic nitrogens is 4. The lowest BCUT2D eigenvalue weighted by Gasteiger charge is -2.31. The van der Waals surface area contributed by atoms with Crippen LogP contribution in [0.1, 0.15) is 85.4 Å². The van der Waals surface area contributed by atoms with Crippen LogP contribution in [-0.4, -0.2) is 164 Å². The lowest BCUT2D eigenvalue weighted by Crippen LogP contribution is -2.59. The maximum absolute atomic E-state index is 15.6. The van der Waals surface area contributed by atoms with Crippen molar-refractivity contribution >= 4 is 101 Å². The van der Waals surface area contributed by atoms with Crippen LogP contribution < -0.4 is 47.7 Å². The first-order valence-corrected chi connectivity index (χ1v) is 35.3. The van der Waals surface area contributed by atoms with E-state index in [1.54, 1.807) is 122 Å². The molecule has 1 saturated heterocycles. The number of benzene rings is 5. The number of carbonyl (C=O) groups excluding carboxylic acids is 11. The van der Waals surface area contributed by atoms with Gasteiger partial charge in [-0.15, -0.1) is 9.24 Å². The molecule has 3 aliphatic heterocycles. The van der Waals surface area contributed by atoms with Crippen molar-refractivity contribution in [2.45, 2.75) is 127 Å². The van der Waals surface area contributed by atoms with Gasteiger partial charge in [0.25, 0.3) is 0 Å². The number of amides is 9. The van der Waals surface area contributed by atoms with Gasteiger partial charge < -0.3 is 71.4 Å². The van der Waals surface area contributed by atoms with Crippen LogP contribution >= 0.6 is 9.24 Å². The number of rotatable bonds is 15. The number of esters is 1. The Kier molecular flexibility index (Phi) is 25.9. The Morgan fingerprint density at radius 2 is 1.41 bits per heavy atom. The molecule has 0 radical (unpaired) electrons. The van der Waals surface area contributed by atoms with E-state index in [0.29, 0.717) is 67.5 Å². The average Bonchev–Trinajstić information content (AvgIpc) is 1.64. The van der Waals surface area contributed by atoms with Crippen molar-refractivity contribution in [3.63, 3.8) is 0 Å². The third-order valence-corrected chi connectivity index (χ3v) is 19.2. The number of likely N-dealkylation sites (N-methyl/N-ethyl adjacent to an activating group) is 1. The molecule has 0 saturated carbocycles. The number of hydrogen-bond acceptors (Lipinski definition) is 14. The van der Waals surface area contributed by atoms with Gasteiger partial charge in [-0.2, -0.15) is 0 Å². The molecule has 0 spiro atoms. The number of Topliss-reactive ketones (excluding diaryl/α,β-unsaturated/α-hetero) is 1. The van der Waals surface area contributed by atoms with Crippen LogP contribution in [0, 0.1) is 17.7 Å². The van der Waals surface area contributed by atoms with Gasteiger partial charge in [-0.05, 0) is 114 Å². The first-order valence-electron chi connectivity index (χ1n) is 34.7. The smallest absolute Gasteiger partial charge is 0.308 e. The number of ether oxygens (including phenoxy) is 2. The molecule has 9 atom stereocenters. The maximum atomic E-state index is 15.6. The highest BCUT2D eigenvalue weighted by Crippen LogP contribution is 2.28. The molecule has 28 heteroatoms. The van der Waals surface area contributed by atoms with Crippen LogP contribution in [0.4, 0.5) is 4.39 Å². The number of halogens is 1. The van der Waals surface area contributed by atoms with Crippen LogP contribution in [0.2, 0.25) is 0 Å². The van der Waals surface area contributed by atoms with Crippen molar-refractivity contribution in [3.05, 3.63) is 186 Å². The van der Waals surface area contributed by atoms with Gasteiger partial charge in [0.05, 0.1) is 31.9 Å². The normalized spacial score (nSPS) is 21.5. The van der Waals surface area contributed by atoms with Gasteiger partial charge in [-0.1, -0.05) is 85.8 Å². The zero-order chi connectivity index (χ0) is 74.0. The Bertz CT molecular complexity index is 4400. The first kappa shape index (κ1) is 75.6. The second-order valence-electron chi connectivity index (χ2n) is 26.5. The number of nitrogens with two attached hydrogens (primary N) is 1. The Labute approximate surface area is 602 Å². The molecular formula is C76H87FN13O13P. The fraction of sp³-hybridized carbons (Fsp3) is 0.368. The zero-order valence-electron chi connectivity index (χ0n) is 58.1. The molecule has 6 heterocycles. The quantitative estimate of drug-likeness (QED) is 0.0399. The summed E-state index contributed by atoms with van der Waals surface area (Å²) in [6.07, 6.45) is 4.89. The summed E-state index contributed by atoms with van der Waals surface area (Å²) in [5, 5.41) is 18.7. The van der Waals surface area contributed by atoms with E-state index in [0.717, 1.165) is 10.2 Å². The fourth-order valence-electron chi connectivity index (χ4n) is 13.3. The van der Waals surface area contributed by atoms with E-state index in [4.69, 9.17) is 15.2 Å². The third kappa shape index (κ3) is 20.4. The Hall–Kier alpha value is -11.1. The molecule has 546 valence electrons. The van der Waals surface area contributed by atoms with Gasteiger partial charge in [0.15, 0.2) is 5.78 Å². The second kappa shape index (κ2) is 35.7. The Morgan fingerprint density at radius 3 is 2.13 bits per heavy atom. The van der Waals surface area contributed by atoms with E-state index in [-0.39, 0.29) is 84.1 Å². The van der Waals surface area contributed by atoms with Crippen molar-refractivity contribution in [2.24, 2.45) is 24.6 Å². The maximum Gasteiger partial charge on any atom is 0.308 e. The minimum atomic E-state index is -1.82. The van der Waals surface area contributed by atoms with Crippen molar-refractivity contribution < 1.29 is 66.6 Å². The predicted octanol–water partition coefficient (Wildman–Crippen LogP) is 3.92. The fourth-order valence-corrected chi connectivity index (χ4v) is 13.5. The summed E-state index contributed by atoms with van der Waals surface area (Å²) in [5.74, 6) is -10.8. The summed E-state index contributed by atoms with van der Waals surface area (Å²) in [4.78, 5) is 173. The van der Waals surface area contributed by atoms with E-state index in [9.17, 15) is 28.8 Å². The van der Waals surface area contributed by atoms with Crippen LogP contribution in [0.15, 0.2) is 146 Å². The average molecular weight is 1440 g/mol. The predicted molar refractivity (Wildman–Crippen MR) is 387 cm³/mol. The molecule has 2 unspecified atom stereocenters. The van der Waals surface area contributed by atoms with Crippen LogP contribution in [0.5, 0.6) is 5.75 Å². The largest absolute Gasteiger partial charge is 0.492 e. The van der Waals surface area contributed by atoms with Crippen molar-refractivity contribution in [3.8, 4) is 5.75 Å². The van der Waals surface area contributed by atoms with Crippen molar-refractivity contribution in [2.75, 3.05) is 33.3 Å². The number of aryl methyl sites for hydroxylation is 2. The van der Waals surface area contributed by atoms with Crippen LogP contribution in [0.25, 0.3) is 21.8 Å².